The molecule has 0 unspecified atom stereocenters. The topological polar surface area (TPSA) is 48.0 Å². The van der Waals surface area contributed by atoms with Gasteiger partial charge in [-0.15, -0.1) is 11.3 Å². The van der Waals surface area contributed by atoms with Gasteiger partial charge in [-0.3, -0.25) is 4.79 Å². The maximum absolute atomic E-state index is 12.1. The van der Waals surface area contributed by atoms with E-state index in [1.807, 2.05) is 22.1 Å². The summed E-state index contributed by atoms with van der Waals surface area (Å²) in [6, 6.07) is 5.66. The van der Waals surface area contributed by atoms with Crippen molar-refractivity contribution in [3.05, 3.63) is 55.6 Å². The molecular weight excluding hydrogens is 268 g/mol. The van der Waals surface area contributed by atoms with Crippen LogP contribution in [0.2, 0.25) is 0 Å². The van der Waals surface area contributed by atoms with Crippen LogP contribution in [0.4, 0.5) is 0 Å². The number of aryl methyl sites for hydroxylation is 1. The van der Waals surface area contributed by atoms with Crippen molar-refractivity contribution in [3.63, 3.8) is 0 Å². The number of nitrogens with zero attached hydrogens (tertiary/aromatic N) is 1. The smallest absolute Gasteiger partial charge is 0.251 e. The summed E-state index contributed by atoms with van der Waals surface area (Å²) < 4.78 is 1.90. The van der Waals surface area contributed by atoms with Crippen LogP contribution in [0.3, 0.4) is 0 Å². The Morgan fingerprint density at radius 2 is 2.20 bits per heavy atom. The number of thiophene rings is 1. The van der Waals surface area contributed by atoms with Gasteiger partial charge < -0.3 is 10.3 Å². The Morgan fingerprint density at radius 1 is 1.30 bits per heavy atom. The third-order valence-electron chi connectivity index (χ3n) is 3.62. The monoisotopic (exact) mass is 284 g/mol. The second-order valence-electron chi connectivity index (χ2n) is 4.85. The molecule has 0 atom stereocenters. The lowest BCUT2D eigenvalue weighted by atomic mass is 10.2. The Labute approximate surface area is 122 Å². The van der Waals surface area contributed by atoms with Gasteiger partial charge in [0.2, 0.25) is 0 Å². The Bertz CT molecular complexity index is 746. The molecule has 102 valence electrons. The van der Waals surface area contributed by atoms with E-state index in [1.165, 1.54) is 11.3 Å². The average molecular weight is 284 g/mol. The number of pyridine rings is 1. The number of hydrogen-bond donors (Lipinski definition) is 1. The Balaban J connectivity index is 1.99. The van der Waals surface area contributed by atoms with E-state index in [0.29, 0.717) is 13.1 Å². The van der Waals surface area contributed by atoms with Crippen LogP contribution >= 0.6 is 11.3 Å². The molecular formula is C16H16N2OS. The first-order valence-electron chi connectivity index (χ1n) is 6.76. The third kappa shape index (κ3) is 2.43. The van der Waals surface area contributed by atoms with Crippen molar-refractivity contribution in [1.82, 2.24) is 4.57 Å². The summed E-state index contributed by atoms with van der Waals surface area (Å²) in [5.41, 5.74) is 9.00. The lowest BCUT2D eigenvalue weighted by Crippen LogP contribution is -2.23. The fourth-order valence-corrected chi connectivity index (χ4v) is 3.49. The Hall–Kier alpha value is -1.83. The van der Waals surface area contributed by atoms with Gasteiger partial charge in [-0.2, -0.15) is 0 Å². The highest BCUT2D eigenvalue weighted by molar-refractivity contribution is 7.10. The zero-order valence-electron chi connectivity index (χ0n) is 11.2. The second-order valence-corrected chi connectivity index (χ2v) is 5.85. The second kappa shape index (κ2) is 5.66. The molecule has 3 rings (SSSR count). The molecule has 2 aromatic rings. The summed E-state index contributed by atoms with van der Waals surface area (Å²) >= 11 is 1.65. The first-order chi connectivity index (χ1) is 9.79. The minimum absolute atomic E-state index is 0.0804. The minimum Gasteiger partial charge on any atom is -0.320 e. The van der Waals surface area contributed by atoms with Crippen LogP contribution in [0, 0.1) is 11.8 Å². The molecule has 0 spiro atoms. The maximum Gasteiger partial charge on any atom is 0.251 e. The highest BCUT2D eigenvalue weighted by Crippen LogP contribution is 2.23. The van der Waals surface area contributed by atoms with Gasteiger partial charge >= 0.3 is 0 Å². The van der Waals surface area contributed by atoms with Gasteiger partial charge in [-0.1, -0.05) is 17.9 Å². The molecule has 0 radical (unpaired) electrons. The standard InChI is InChI=1S/C16H16N2OS/c17-9-2-4-13-8-10-20-15(13)11-18-14-5-1-3-12(14)6-7-16(18)19/h6-8,10H,1,3,5,9,11,17H2. The molecule has 1 aliphatic carbocycles. The molecule has 2 heterocycles. The highest BCUT2D eigenvalue weighted by Gasteiger charge is 2.16. The van der Waals surface area contributed by atoms with Crippen LogP contribution in [-0.4, -0.2) is 11.1 Å². The molecule has 2 N–H and O–H groups in total. The van der Waals surface area contributed by atoms with Crippen molar-refractivity contribution in [2.75, 3.05) is 6.54 Å². The fraction of sp³-hybridized carbons (Fsp3) is 0.312. The molecule has 1 aliphatic rings. The fourth-order valence-electron chi connectivity index (χ4n) is 2.67. The summed E-state index contributed by atoms with van der Waals surface area (Å²) in [7, 11) is 0. The largest absolute Gasteiger partial charge is 0.320 e. The first kappa shape index (κ1) is 13.2. The maximum atomic E-state index is 12.1. The lowest BCUT2D eigenvalue weighted by molar-refractivity contribution is 0.714. The zero-order chi connectivity index (χ0) is 13.9. The quantitative estimate of drug-likeness (QED) is 0.854. The lowest BCUT2D eigenvalue weighted by Gasteiger charge is -2.11. The zero-order valence-corrected chi connectivity index (χ0v) is 12.0. The predicted molar refractivity (Wildman–Crippen MR) is 82.1 cm³/mol. The van der Waals surface area contributed by atoms with E-state index >= 15 is 0 Å². The molecule has 0 aromatic carbocycles. The van der Waals surface area contributed by atoms with Crippen LogP contribution < -0.4 is 11.3 Å². The van der Waals surface area contributed by atoms with E-state index in [4.69, 9.17) is 5.73 Å². The third-order valence-corrected chi connectivity index (χ3v) is 4.53. The summed E-state index contributed by atoms with van der Waals surface area (Å²) in [5.74, 6) is 5.96. The van der Waals surface area contributed by atoms with Crippen molar-refractivity contribution in [1.29, 1.82) is 0 Å². The van der Waals surface area contributed by atoms with Gasteiger partial charge in [-0.05, 0) is 36.3 Å². The minimum atomic E-state index is 0.0804. The van der Waals surface area contributed by atoms with E-state index in [2.05, 4.69) is 11.8 Å². The molecule has 0 saturated heterocycles. The van der Waals surface area contributed by atoms with E-state index in [9.17, 15) is 4.79 Å². The Kier molecular flexibility index (Phi) is 3.72. The summed E-state index contributed by atoms with van der Waals surface area (Å²) in [4.78, 5) is 13.3. The molecule has 0 fully saturated rings. The molecule has 0 aliphatic heterocycles. The predicted octanol–water partition coefficient (Wildman–Crippen LogP) is 1.76. The molecule has 0 amide bonds. The van der Waals surface area contributed by atoms with E-state index in [1.54, 1.807) is 17.4 Å². The van der Waals surface area contributed by atoms with Crippen molar-refractivity contribution in [2.24, 2.45) is 5.73 Å². The van der Waals surface area contributed by atoms with Crippen LogP contribution in [-0.2, 0) is 19.4 Å². The number of nitrogens with two attached hydrogens (primary N) is 1. The number of rotatable bonds is 2. The van der Waals surface area contributed by atoms with Gasteiger partial charge in [0.15, 0.2) is 0 Å². The number of fused-ring (bicyclic) bond motifs is 1. The molecule has 2 aromatic heterocycles. The van der Waals surface area contributed by atoms with Crippen LogP contribution in [0.15, 0.2) is 28.4 Å². The SMILES string of the molecule is NCC#Cc1ccsc1Cn1c2c(ccc1=O)CCC2. The van der Waals surface area contributed by atoms with Crippen LogP contribution in [0.25, 0.3) is 0 Å². The van der Waals surface area contributed by atoms with E-state index in [0.717, 1.165) is 29.7 Å². The van der Waals surface area contributed by atoms with Crippen molar-refractivity contribution in [2.45, 2.75) is 25.8 Å². The van der Waals surface area contributed by atoms with Gasteiger partial charge in [0.25, 0.3) is 5.56 Å². The molecule has 4 heteroatoms. The summed E-state index contributed by atoms with van der Waals surface area (Å²) in [6.45, 7) is 0.976. The van der Waals surface area contributed by atoms with Gasteiger partial charge in [0, 0.05) is 22.2 Å². The first-order valence-corrected chi connectivity index (χ1v) is 7.64. The van der Waals surface area contributed by atoms with E-state index in [-0.39, 0.29) is 5.56 Å². The molecule has 3 nitrogen and oxygen atoms in total. The number of aromatic nitrogens is 1. The van der Waals surface area contributed by atoms with Gasteiger partial charge in [0.1, 0.15) is 0 Å². The van der Waals surface area contributed by atoms with Crippen LogP contribution in [0.5, 0.6) is 0 Å². The number of hydrogen-bond acceptors (Lipinski definition) is 3. The molecule has 0 bridgehead atoms. The normalized spacial score (nSPS) is 12.8. The average Bonchev–Trinajstić information content (AvgIpc) is 3.08. The van der Waals surface area contributed by atoms with E-state index < -0.39 is 0 Å². The van der Waals surface area contributed by atoms with Gasteiger partial charge in [0.05, 0.1) is 13.1 Å². The summed E-state index contributed by atoms with van der Waals surface area (Å²) in [5, 5.41) is 2.02. The van der Waals surface area contributed by atoms with Gasteiger partial charge in [-0.25, -0.2) is 0 Å². The van der Waals surface area contributed by atoms with Crippen molar-refractivity contribution < 1.29 is 0 Å². The Morgan fingerprint density at radius 3 is 3.05 bits per heavy atom. The molecule has 0 saturated carbocycles. The van der Waals surface area contributed by atoms with Crippen molar-refractivity contribution >= 4 is 11.3 Å². The summed E-state index contributed by atoms with van der Waals surface area (Å²) in [6.07, 6.45) is 3.23. The van der Waals surface area contributed by atoms with Crippen molar-refractivity contribution in [3.8, 4) is 11.8 Å². The van der Waals surface area contributed by atoms with Crippen LogP contribution in [0.1, 0.15) is 28.1 Å². The highest BCUT2D eigenvalue weighted by atomic mass is 32.1. The molecule has 20 heavy (non-hydrogen) atoms.